The Kier molecular flexibility index (Phi) is 3.71. The lowest BCUT2D eigenvalue weighted by Crippen LogP contribution is -2.26. The maximum absolute atomic E-state index is 11.3. The Balaban J connectivity index is 2.68. The fraction of sp³-hybridized carbons (Fsp3) is 0.333. The molecule has 0 saturated carbocycles. The highest BCUT2D eigenvalue weighted by molar-refractivity contribution is 6.19. The number of nitrogens with zero attached hydrogens (tertiary/aromatic N) is 2. The lowest BCUT2D eigenvalue weighted by molar-refractivity contribution is -0.117. The van der Waals surface area contributed by atoms with Crippen LogP contribution in [0.25, 0.3) is 0 Å². The van der Waals surface area contributed by atoms with Crippen LogP contribution in [-0.4, -0.2) is 23.8 Å². The van der Waals surface area contributed by atoms with Gasteiger partial charge in [-0.25, -0.2) is 4.98 Å². The highest BCUT2D eigenvalue weighted by Crippen LogP contribution is 2.07. The van der Waals surface area contributed by atoms with Gasteiger partial charge in [-0.15, -0.1) is 11.6 Å². The Morgan fingerprint density at radius 1 is 1.62 bits per heavy atom. The Labute approximate surface area is 82.3 Å². The van der Waals surface area contributed by atoms with E-state index in [0.717, 1.165) is 0 Å². The van der Waals surface area contributed by atoms with Gasteiger partial charge in [-0.05, 0) is 12.1 Å². The van der Waals surface area contributed by atoms with E-state index in [9.17, 15) is 4.79 Å². The van der Waals surface area contributed by atoms with Crippen molar-refractivity contribution in [3.63, 3.8) is 0 Å². The van der Waals surface area contributed by atoms with Gasteiger partial charge in [0.15, 0.2) is 0 Å². The number of hydrogen-bond donors (Lipinski definition) is 0. The van der Waals surface area contributed by atoms with Crippen LogP contribution in [0.15, 0.2) is 24.4 Å². The summed E-state index contributed by atoms with van der Waals surface area (Å²) in [7, 11) is 1.69. The molecule has 13 heavy (non-hydrogen) atoms. The van der Waals surface area contributed by atoms with Crippen LogP contribution in [0.4, 0.5) is 5.82 Å². The van der Waals surface area contributed by atoms with Crippen molar-refractivity contribution in [2.45, 2.75) is 6.42 Å². The van der Waals surface area contributed by atoms with E-state index in [-0.39, 0.29) is 5.91 Å². The largest absolute Gasteiger partial charge is 0.300 e. The number of carbonyl (C=O) groups is 1. The number of carbonyl (C=O) groups excluding carboxylic acids is 1. The van der Waals surface area contributed by atoms with Gasteiger partial charge in [0.05, 0.1) is 0 Å². The first-order valence-corrected chi connectivity index (χ1v) is 4.52. The second-order valence-corrected chi connectivity index (χ2v) is 2.96. The summed E-state index contributed by atoms with van der Waals surface area (Å²) >= 11 is 5.46. The van der Waals surface area contributed by atoms with E-state index in [4.69, 9.17) is 11.6 Å². The van der Waals surface area contributed by atoms with Crippen LogP contribution < -0.4 is 4.90 Å². The summed E-state index contributed by atoms with van der Waals surface area (Å²) in [5, 5.41) is 0. The molecule has 0 atom stereocenters. The Morgan fingerprint density at radius 3 is 2.92 bits per heavy atom. The molecule has 0 spiro atoms. The summed E-state index contributed by atoms with van der Waals surface area (Å²) in [6, 6.07) is 5.43. The molecule has 0 N–H and O–H groups in total. The first kappa shape index (κ1) is 9.99. The Hall–Kier alpha value is -1.09. The fourth-order valence-corrected chi connectivity index (χ4v) is 1.09. The van der Waals surface area contributed by atoms with Crippen molar-refractivity contribution in [1.82, 2.24) is 4.98 Å². The monoisotopic (exact) mass is 198 g/mol. The molecule has 3 nitrogen and oxygen atoms in total. The molecule has 0 aliphatic heterocycles. The topological polar surface area (TPSA) is 33.2 Å². The van der Waals surface area contributed by atoms with E-state index in [1.807, 2.05) is 12.1 Å². The van der Waals surface area contributed by atoms with Crippen molar-refractivity contribution >= 4 is 23.3 Å². The third-order valence-corrected chi connectivity index (χ3v) is 1.86. The van der Waals surface area contributed by atoms with Crippen molar-refractivity contribution in [1.29, 1.82) is 0 Å². The number of alkyl halides is 1. The van der Waals surface area contributed by atoms with Crippen molar-refractivity contribution in [3.05, 3.63) is 24.4 Å². The summed E-state index contributed by atoms with van der Waals surface area (Å²) in [4.78, 5) is 16.9. The van der Waals surface area contributed by atoms with Crippen LogP contribution in [0.5, 0.6) is 0 Å². The van der Waals surface area contributed by atoms with E-state index < -0.39 is 0 Å². The maximum Gasteiger partial charge on any atom is 0.229 e. The minimum Gasteiger partial charge on any atom is -0.300 e. The molecule has 1 heterocycles. The smallest absolute Gasteiger partial charge is 0.229 e. The molecule has 4 heteroatoms. The molecule has 1 aromatic rings. The van der Waals surface area contributed by atoms with Crippen LogP contribution in [-0.2, 0) is 4.79 Å². The van der Waals surface area contributed by atoms with E-state index >= 15 is 0 Å². The number of anilines is 1. The molecule has 1 rings (SSSR count). The number of pyridine rings is 1. The SMILES string of the molecule is CN(C(=O)CCCl)c1ccccn1. The molecular weight excluding hydrogens is 188 g/mol. The number of rotatable bonds is 3. The van der Waals surface area contributed by atoms with E-state index in [0.29, 0.717) is 18.1 Å². The molecular formula is C9H11ClN2O. The van der Waals surface area contributed by atoms with Gasteiger partial charge in [-0.3, -0.25) is 9.69 Å². The van der Waals surface area contributed by atoms with E-state index in [1.165, 1.54) is 4.90 Å². The maximum atomic E-state index is 11.3. The summed E-state index contributed by atoms with van der Waals surface area (Å²) < 4.78 is 0. The van der Waals surface area contributed by atoms with Crippen LogP contribution >= 0.6 is 11.6 Å². The molecule has 0 saturated heterocycles. The molecule has 1 aromatic heterocycles. The second kappa shape index (κ2) is 4.82. The Bertz CT molecular complexity index is 276. The number of hydrogen-bond acceptors (Lipinski definition) is 2. The van der Waals surface area contributed by atoms with Crippen molar-refractivity contribution in [2.24, 2.45) is 0 Å². The van der Waals surface area contributed by atoms with Crippen LogP contribution in [0, 0.1) is 0 Å². The van der Waals surface area contributed by atoms with E-state index in [1.54, 1.807) is 19.3 Å². The highest BCUT2D eigenvalue weighted by Gasteiger charge is 2.09. The molecule has 0 radical (unpaired) electrons. The lowest BCUT2D eigenvalue weighted by atomic mass is 10.4. The normalized spacial score (nSPS) is 9.69. The highest BCUT2D eigenvalue weighted by atomic mass is 35.5. The molecule has 0 aliphatic rings. The molecule has 0 aliphatic carbocycles. The number of amides is 1. The third-order valence-electron chi connectivity index (χ3n) is 1.68. The molecule has 0 fully saturated rings. The van der Waals surface area contributed by atoms with Gasteiger partial charge in [-0.1, -0.05) is 6.07 Å². The third kappa shape index (κ3) is 2.70. The van der Waals surface area contributed by atoms with Gasteiger partial charge in [0.2, 0.25) is 5.91 Å². The van der Waals surface area contributed by atoms with Crippen molar-refractivity contribution in [3.8, 4) is 0 Å². The number of halogens is 1. The lowest BCUT2D eigenvalue weighted by Gasteiger charge is -2.14. The molecule has 0 bridgehead atoms. The van der Waals surface area contributed by atoms with Crippen LogP contribution in [0.3, 0.4) is 0 Å². The van der Waals surface area contributed by atoms with Crippen LogP contribution in [0.1, 0.15) is 6.42 Å². The minimum atomic E-state index is -0.0197. The standard InChI is InChI=1S/C9H11ClN2O/c1-12(9(13)5-6-10)8-4-2-3-7-11-8/h2-4,7H,5-6H2,1H3. The van der Waals surface area contributed by atoms with Gasteiger partial charge < -0.3 is 0 Å². The van der Waals surface area contributed by atoms with Crippen LogP contribution in [0.2, 0.25) is 0 Å². The van der Waals surface area contributed by atoms with E-state index in [2.05, 4.69) is 4.98 Å². The van der Waals surface area contributed by atoms with Crippen molar-refractivity contribution in [2.75, 3.05) is 17.8 Å². The van der Waals surface area contributed by atoms with Gasteiger partial charge in [0.1, 0.15) is 5.82 Å². The quantitative estimate of drug-likeness (QED) is 0.693. The Morgan fingerprint density at radius 2 is 2.38 bits per heavy atom. The zero-order valence-electron chi connectivity index (χ0n) is 7.40. The zero-order chi connectivity index (χ0) is 9.68. The van der Waals surface area contributed by atoms with Gasteiger partial charge in [-0.2, -0.15) is 0 Å². The summed E-state index contributed by atoms with van der Waals surface area (Å²) in [6.07, 6.45) is 1.99. The minimum absolute atomic E-state index is 0.0197. The molecule has 70 valence electrons. The summed E-state index contributed by atoms with van der Waals surface area (Å²) in [5.74, 6) is 0.974. The van der Waals surface area contributed by atoms with Gasteiger partial charge >= 0.3 is 0 Å². The predicted molar refractivity (Wildman–Crippen MR) is 53.0 cm³/mol. The predicted octanol–water partition coefficient (Wildman–Crippen LogP) is 1.67. The second-order valence-electron chi connectivity index (χ2n) is 2.58. The average molecular weight is 199 g/mol. The molecule has 1 amide bonds. The first-order valence-electron chi connectivity index (χ1n) is 3.99. The summed E-state index contributed by atoms with van der Waals surface area (Å²) in [6.45, 7) is 0. The first-order chi connectivity index (χ1) is 6.25. The van der Waals surface area contributed by atoms with Gasteiger partial charge in [0, 0.05) is 25.5 Å². The average Bonchev–Trinajstić information content (AvgIpc) is 2.18. The molecule has 0 aromatic carbocycles. The number of aromatic nitrogens is 1. The van der Waals surface area contributed by atoms with Crippen molar-refractivity contribution < 1.29 is 4.79 Å². The van der Waals surface area contributed by atoms with Gasteiger partial charge in [0.25, 0.3) is 0 Å². The molecule has 0 unspecified atom stereocenters. The summed E-state index contributed by atoms with van der Waals surface area (Å²) in [5.41, 5.74) is 0. The fourth-order valence-electron chi connectivity index (χ4n) is 0.928. The zero-order valence-corrected chi connectivity index (χ0v) is 8.16.